The highest BCUT2D eigenvalue weighted by Gasteiger charge is 2.16. The predicted molar refractivity (Wildman–Crippen MR) is 73.8 cm³/mol. The van der Waals surface area contributed by atoms with E-state index in [1.165, 1.54) is 18.5 Å². The van der Waals surface area contributed by atoms with Gasteiger partial charge in [0.15, 0.2) is 0 Å². The van der Waals surface area contributed by atoms with E-state index in [1.807, 2.05) is 0 Å². The van der Waals surface area contributed by atoms with Crippen LogP contribution in [0.3, 0.4) is 0 Å². The van der Waals surface area contributed by atoms with Crippen molar-refractivity contribution in [1.29, 1.82) is 0 Å². The Morgan fingerprint density at radius 3 is 2.90 bits per heavy atom. The van der Waals surface area contributed by atoms with Crippen molar-refractivity contribution in [1.82, 2.24) is 9.97 Å². The third kappa shape index (κ3) is 2.91. The molecule has 106 valence electrons. The van der Waals surface area contributed by atoms with E-state index in [0.717, 1.165) is 0 Å². The summed E-state index contributed by atoms with van der Waals surface area (Å²) in [5, 5.41) is 22.9. The maximum absolute atomic E-state index is 11.6. The average Bonchev–Trinajstić information content (AvgIpc) is 2.43. The number of nitro benzene ring substituents is 1. The number of aromatic amines is 1. The number of hydrogen-bond acceptors (Lipinski definition) is 6. The predicted octanol–water partition coefficient (Wildman–Crippen LogP) is 1.02. The second-order valence-corrected chi connectivity index (χ2v) is 4.23. The molecule has 0 unspecified atom stereocenters. The zero-order chi connectivity index (χ0) is 14.5. The van der Waals surface area contributed by atoms with Gasteiger partial charge in [-0.25, -0.2) is 4.98 Å². The monoisotopic (exact) mass is 278 g/mol. The first-order valence-electron chi connectivity index (χ1n) is 6.14. The second kappa shape index (κ2) is 6.11. The molecule has 0 bridgehead atoms. The molecule has 0 spiro atoms. The Morgan fingerprint density at radius 2 is 2.20 bits per heavy atom. The fourth-order valence-corrected chi connectivity index (χ4v) is 1.86. The number of aliphatic hydroxyl groups is 1. The normalized spacial score (nSPS) is 10.7. The summed E-state index contributed by atoms with van der Waals surface area (Å²) < 4.78 is 0. The van der Waals surface area contributed by atoms with Crippen molar-refractivity contribution in [3.05, 3.63) is 38.9 Å². The van der Waals surface area contributed by atoms with Crippen LogP contribution in [0, 0.1) is 10.1 Å². The Hall–Kier alpha value is -2.48. The zero-order valence-corrected chi connectivity index (χ0v) is 10.6. The molecule has 2 rings (SSSR count). The maximum Gasteiger partial charge on any atom is 0.293 e. The summed E-state index contributed by atoms with van der Waals surface area (Å²) in [6.45, 7) is 0.578. The number of fused-ring (bicyclic) bond motifs is 1. The molecule has 1 aromatic heterocycles. The molecule has 0 aliphatic rings. The molecule has 1 heterocycles. The number of benzene rings is 1. The van der Waals surface area contributed by atoms with E-state index in [1.54, 1.807) is 0 Å². The van der Waals surface area contributed by atoms with Gasteiger partial charge in [-0.05, 0) is 18.9 Å². The summed E-state index contributed by atoms with van der Waals surface area (Å²) in [7, 11) is 0. The molecule has 20 heavy (non-hydrogen) atoms. The SMILES string of the molecule is O=c1[nH]cnc2cc(NCCCCO)c([N+](=O)[O-])cc12. The van der Waals surface area contributed by atoms with Gasteiger partial charge in [-0.2, -0.15) is 0 Å². The summed E-state index contributed by atoms with van der Waals surface area (Å²) in [5.74, 6) is 0. The van der Waals surface area contributed by atoms with Gasteiger partial charge in [0.1, 0.15) is 5.69 Å². The third-order valence-corrected chi connectivity index (χ3v) is 2.85. The summed E-state index contributed by atoms with van der Waals surface area (Å²) in [5.41, 5.74) is 0.132. The fourth-order valence-electron chi connectivity index (χ4n) is 1.86. The van der Waals surface area contributed by atoms with Gasteiger partial charge in [-0.15, -0.1) is 0 Å². The van der Waals surface area contributed by atoms with Gasteiger partial charge in [0.05, 0.1) is 22.2 Å². The molecule has 0 radical (unpaired) electrons. The molecular formula is C12H14N4O4. The van der Waals surface area contributed by atoms with Crippen molar-refractivity contribution in [2.24, 2.45) is 0 Å². The maximum atomic E-state index is 11.6. The van der Waals surface area contributed by atoms with Gasteiger partial charge in [-0.3, -0.25) is 14.9 Å². The van der Waals surface area contributed by atoms with Crippen molar-refractivity contribution in [2.45, 2.75) is 12.8 Å². The van der Waals surface area contributed by atoms with Crippen molar-refractivity contribution in [3.8, 4) is 0 Å². The minimum atomic E-state index is -0.541. The number of nitrogens with zero attached hydrogens (tertiary/aromatic N) is 2. The van der Waals surface area contributed by atoms with Crippen LogP contribution < -0.4 is 10.9 Å². The molecule has 8 heteroatoms. The van der Waals surface area contributed by atoms with Gasteiger partial charge in [0, 0.05) is 19.2 Å². The minimum absolute atomic E-state index is 0.0818. The van der Waals surface area contributed by atoms with Crippen LogP contribution in [0.15, 0.2) is 23.3 Å². The lowest BCUT2D eigenvalue weighted by Crippen LogP contribution is -2.09. The number of aromatic nitrogens is 2. The number of unbranched alkanes of at least 4 members (excludes halogenated alkanes) is 1. The number of aliphatic hydroxyl groups excluding tert-OH is 1. The first-order valence-corrected chi connectivity index (χ1v) is 6.14. The summed E-state index contributed by atoms with van der Waals surface area (Å²) >= 11 is 0. The molecule has 0 saturated heterocycles. The Balaban J connectivity index is 2.39. The van der Waals surface area contributed by atoms with Crippen LogP contribution in [0.2, 0.25) is 0 Å². The number of hydrogen-bond donors (Lipinski definition) is 3. The van der Waals surface area contributed by atoms with Crippen LogP contribution in [-0.2, 0) is 0 Å². The van der Waals surface area contributed by atoms with Crippen molar-refractivity contribution in [3.63, 3.8) is 0 Å². The molecule has 2 aromatic rings. The highest BCUT2D eigenvalue weighted by molar-refractivity contribution is 5.86. The summed E-state index contributed by atoms with van der Waals surface area (Å²) in [6, 6.07) is 2.71. The van der Waals surface area contributed by atoms with E-state index < -0.39 is 10.5 Å². The van der Waals surface area contributed by atoms with E-state index in [9.17, 15) is 14.9 Å². The molecule has 1 aromatic carbocycles. The highest BCUT2D eigenvalue weighted by Crippen LogP contribution is 2.27. The van der Waals surface area contributed by atoms with E-state index in [-0.39, 0.29) is 17.7 Å². The lowest BCUT2D eigenvalue weighted by atomic mass is 10.2. The van der Waals surface area contributed by atoms with E-state index in [2.05, 4.69) is 15.3 Å². The zero-order valence-electron chi connectivity index (χ0n) is 10.6. The van der Waals surface area contributed by atoms with Crippen LogP contribution in [0.1, 0.15) is 12.8 Å². The van der Waals surface area contributed by atoms with Crippen LogP contribution >= 0.6 is 0 Å². The molecule has 0 saturated carbocycles. The summed E-state index contributed by atoms with van der Waals surface area (Å²) in [6.07, 6.45) is 2.56. The smallest absolute Gasteiger partial charge is 0.293 e. The van der Waals surface area contributed by atoms with E-state index in [0.29, 0.717) is 30.6 Å². The van der Waals surface area contributed by atoms with Crippen LogP contribution in [-0.4, -0.2) is 33.1 Å². The van der Waals surface area contributed by atoms with Crippen molar-refractivity contribution < 1.29 is 10.0 Å². The van der Waals surface area contributed by atoms with Gasteiger partial charge >= 0.3 is 0 Å². The Labute approximate surface area is 113 Å². The molecule has 0 amide bonds. The van der Waals surface area contributed by atoms with Gasteiger partial charge in [0.2, 0.25) is 0 Å². The third-order valence-electron chi connectivity index (χ3n) is 2.85. The van der Waals surface area contributed by atoms with Gasteiger partial charge < -0.3 is 15.4 Å². The van der Waals surface area contributed by atoms with E-state index in [4.69, 9.17) is 5.11 Å². The quantitative estimate of drug-likeness (QED) is 0.412. The van der Waals surface area contributed by atoms with Gasteiger partial charge in [0.25, 0.3) is 11.2 Å². The number of anilines is 1. The fraction of sp³-hybridized carbons (Fsp3) is 0.333. The topological polar surface area (TPSA) is 121 Å². The van der Waals surface area contributed by atoms with Crippen molar-refractivity contribution in [2.75, 3.05) is 18.5 Å². The molecule has 0 aliphatic carbocycles. The van der Waals surface area contributed by atoms with Crippen LogP contribution in [0.25, 0.3) is 10.9 Å². The highest BCUT2D eigenvalue weighted by atomic mass is 16.6. The largest absolute Gasteiger partial charge is 0.396 e. The number of nitrogens with one attached hydrogen (secondary N) is 2. The number of nitro groups is 1. The molecular weight excluding hydrogens is 264 g/mol. The standard InChI is InChI=1S/C12H14N4O4/c17-4-2-1-3-13-10-6-9-8(5-11(10)16(19)20)12(18)15-7-14-9/h5-7,13,17H,1-4H2,(H,14,15,18). The van der Waals surface area contributed by atoms with E-state index >= 15 is 0 Å². The van der Waals surface area contributed by atoms with Crippen LogP contribution in [0.4, 0.5) is 11.4 Å². The minimum Gasteiger partial charge on any atom is -0.396 e. The number of H-pyrrole nitrogens is 1. The second-order valence-electron chi connectivity index (χ2n) is 4.23. The number of rotatable bonds is 6. The Bertz CT molecular complexity index is 683. The summed E-state index contributed by atoms with van der Waals surface area (Å²) in [4.78, 5) is 28.5. The van der Waals surface area contributed by atoms with Crippen molar-refractivity contribution >= 4 is 22.3 Å². The van der Waals surface area contributed by atoms with Gasteiger partial charge in [-0.1, -0.05) is 0 Å². The lowest BCUT2D eigenvalue weighted by Gasteiger charge is -2.07. The molecule has 8 nitrogen and oxygen atoms in total. The lowest BCUT2D eigenvalue weighted by molar-refractivity contribution is -0.383. The molecule has 0 aliphatic heterocycles. The molecule has 0 atom stereocenters. The first kappa shape index (κ1) is 13.9. The van der Waals surface area contributed by atoms with Crippen LogP contribution in [0.5, 0.6) is 0 Å². The average molecular weight is 278 g/mol. The Morgan fingerprint density at radius 1 is 1.40 bits per heavy atom. The molecule has 3 N–H and O–H groups in total. The Kier molecular flexibility index (Phi) is 4.26. The molecule has 0 fully saturated rings. The first-order chi connectivity index (χ1) is 9.63.